The Morgan fingerprint density at radius 2 is 2.14 bits per heavy atom. The largest absolute Gasteiger partial charge is 1.00 e. The lowest BCUT2D eigenvalue weighted by Crippen LogP contribution is -3.00. The Hall–Kier alpha value is -1.00. The number of aliphatic hydroxyl groups excluding tert-OH is 1. The molecular formula is C10H11BrN2O. The maximum atomic E-state index is 8.76. The van der Waals surface area contributed by atoms with Crippen LogP contribution in [0.15, 0.2) is 36.9 Å². The highest BCUT2D eigenvalue weighted by Gasteiger charge is 2.00. The first kappa shape index (κ1) is 11.1. The number of nitrogens with zero attached hydrogens (tertiary/aromatic N) is 2. The lowest BCUT2D eigenvalue weighted by molar-refractivity contribution is -0.696. The summed E-state index contributed by atoms with van der Waals surface area (Å²) in [6.45, 7) is 0.793. The van der Waals surface area contributed by atoms with Gasteiger partial charge in [0.2, 0.25) is 0 Å². The Labute approximate surface area is 92.8 Å². The highest BCUT2D eigenvalue weighted by molar-refractivity contribution is 5.79. The van der Waals surface area contributed by atoms with Crippen LogP contribution >= 0.6 is 0 Å². The van der Waals surface area contributed by atoms with Gasteiger partial charge >= 0.3 is 0 Å². The van der Waals surface area contributed by atoms with Crippen LogP contribution in [-0.4, -0.2) is 16.7 Å². The molecule has 2 rings (SSSR count). The molecule has 2 heterocycles. The van der Waals surface area contributed by atoms with Crippen molar-refractivity contribution in [1.29, 1.82) is 0 Å². The molecule has 4 heteroatoms. The molecule has 2 aromatic heterocycles. The third-order valence-electron chi connectivity index (χ3n) is 2.00. The third kappa shape index (κ3) is 2.27. The lowest BCUT2D eigenvalue weighted by Gasteiger charge is -1.95. The lowest BCUT2D eigenvalue weighted by atomic mass is 10.2. The highest BCUT2D eigenvalue weighted by Crippen LogP contribution is 2.07. The number of fused-ring (bicyclic) bond motifs is 1. The summed E-state index contributed by atoms with van der Waals surface area (Å²) in [6, 6.07) is 3.99. The number of hydrogen-bond donors (Lipinski definition) is 1. The predicted molar refractivity (Wildman–Crippen MR) is 49.0 cm³/mol. The summed E-state index contributed by atoms with van der Waals surface area (Å²) >= 11 is 0. The maximum Gasteiger partial charge on any atom is 0.178 e. The Kier molecular flexibility index (Phi) is 3.98. The summed E-state index contributed by atoms with van der Waals surface area (Å²) in [4.78, 5) is 4.04. The number of aliphatic hydroxyl groups is 1. The van der Waals surface area contributed by atoms with E-state index in [0.717, 1.165) is 5.39 Å². The molecule has 0 aliphatic carbocycles. The summed E-state index contributed by atoms with van der Waals surface area (Å²) in [5.74, 6) is 0. The van der Waals surface area contributed by atoms with E-state index < -0.39 is 0 Å². The van der Waals surface area contributed by atoms with Crippen LogP contribution < -0.4 is 21.5 Å². The molecular weight excluding hydrogens is 244 g/mol. The molecule has 0 fully saturated rings. The van der Waals surface area contributed by atoms with Crippen molar-refractivity contribution in [3.8, 4) is 0 Å². The number of halogens is 1. The highest BCUT2D eigenvalue weighted by atomic mass is 79.9. The van der Waals surface area contributed by atoms with E-state index >= 15 is 0 Å². The van der Waals surface area contributed by atoms with Gasteiger partial charge in [0.25, 0.3) is 0 Å². The molecule has 14 heavy (non-hydrogen) atoms. The van der Waals surface area contributed by atoms with Crippen LogP contribution in [0.25, 0.3) is 10.8 Å². The average molecular weight is 255 g/mol. The standard InChI is InChI=1S/C10H11N2O.BrH/c13-6-5-12-4-2-9-1-3-11-7-10(9)8-12;/h1-4,7-8,13H,5-6H2;1H/q+1;/p-1. The van der Waals surface area contributed by atoms with Gasteiger partial charge in [-0.15, -0.1) is 0 Å². The van der Waals surface area contributed by atoms with Gasteiger partial charge < -0.3 is 22.1 Å². The third-order valence-corrected chi connectivity index (χ3v) is 2.00. The van der Waals surface area contributed by atoms with Crippen LogP contribution in [0.4, 0.5) is 0 Å². The minimum absolute atomic E-state index is 0. The number of pyridine rings is 2. The normalized spacial score (nSPS) is 9.79. The minimum atomic E-state index is 0. The van der Waals surface area contributed by atoms with Crippen LogP contribution in [0.1, 0.15) is 0 Å². The van der Waals surface area contributed by atoms with E-state index in [0.29, 0.717) is 6.54 Å². The molecule has 2 aromatic rings. The number of rotatable bonds is 2. The summed E-state index contributed by atoms with van der Waals surface area (Å²) < 4.78 is 1.95. The van der Waals surface area contributed by atoms with Gasteiger partial charge in [0, 0.05) is 18.5 Å². The van der Waals surface area contributed by atoms with Crippen molar-refractivity contribution in [1.82, 2.24) is 4.98 Å². The predicted octanol–water partition coefficient (Wildman–Crippen LogP) is -2.48. The Bertz CT molecular complexity index is 420. The number of aromatic nitrogens is 2. The molecule has 0 aromatic carbocycles. The SMILES string of the molecule is OCC[n+]1ccc2ccncc2c1.[Br-]. The molecule has 0 bridgehead atoms. The molecule has 0 amide bonds. The van der Waals surface area contributed by atoms with Crippen LogP contribution in [0.2, 0.25) is 0 Å². The van der Waals surface area contributed by atoms with Gasteiger partial charge in [0.1, 0.15) is 6.61 Å². The Morgan fingerprint density at radius 1 is 1.29 bits per heavy atom. The molecule has 3 nitrogen and oxygen atoms in total. The van der Waals surface area contributed by atoms with Gasteiger partial charge in [-0.05, 0) is 11.5 Å². The zero-order chi connectivity index (χ0) is 9.10. The second kappa shape index (κ2) is 5.02. The van der Waals surface area contributed by atoms with Crippen molar-refractivity contribution in [2.45, 2.75) is 6.54 Å². The summed E-state index contributed by atoms with van der Waals surface area (Å²) in [7, 11) is 0. The molecule has 74 valence electrons. The fourth-order valence-corrected chi connectivity index (χ4v) is 1.33. The molecule has 0 spiro atoms. The van der Waals surface area contributed by atoms with E-state index in [2.05, 4.69) is 4.98 Å². The van der Waals surface area contributed by atoms with E-state index in [9.17, 15) is 0 Å². The van der Waals surface area contributed by atoms with Gasteiger partial charge in [-0.2, -0.15) is 0 Å². The molecule has 0 saturated heterocycles. The molecule has 1 N–H and O–H groups in total. The van der Waals surface area contributed by atoms with Crippen LogP contribution in [-0.2, 0) is 6.54 Å². The summed E-state index contributed by atoms with van der Waals surface area (Å²) in [5, 5.41) is 11.0. The molecule has 0 aliphatic rings. The minimum Gasteiger partial charge on any atom is -1.00 e. The molecule has 0 saturated carbocycles. The van der Waals surface area contributed by atoms with E-state index in [1.54, 1.807) is 6.20 Å². The molecule has 0 radical (unpaired) electrons. The average Bonchev–Trinajstić information content (AvgIpc) is 2.18. The summed E-state index contributed by atoms with van der Waals surface area (Å²) in [6.07, 6.45) is 7.54. The second-order valence-corrected chi connectivity index (χ2v) is 2.91. The van der Waals surface area contributed by atoms with Gasteiger partial charge in [0.05, 0.1) is 5.39 Å². The first-order valence-electron chi connectivity index (χ1n) is 4.24. The van der Waals surface area contributed by atoms with Gasteiger partial charge in [0.15, 0.2) is 18.9 Å². The van der Waals surface area contributed by atoms with Crippen molar-refractivity contribution in [2.24, 2.45) is 0 Å². The topological polar surface area (TPSA) is 37.0 Å². The fraction of sp³-hybridized carbons (Fsp3) is 0.200. The van der Waals surface area contributed by atoms with E-state index in [1.807, 2.05) is 35.3 Å². The molecule has 0 unspecified atom stereocenters. The first-order chi connectivity index (χ1) is 6.40. The zero-order valence-corrected chi connectivity index (χ0v) is 9.18. The summed E-state index contributed by atoms with van der Waals surface area (Å²) in [5.41, 5.74) is 0. The van der Waals surface area contributed by atoms with Crippen LogP contribution in [0, 0.1) is 0 Å². The fourth-order valence-electron chi connectivity index (χ4n) is 1.33. The Morgan fingerprint density at radius 3 is 2.93 bits per heavy atom. The molecule has 0 atom stereocenters. The van der Waals surface area contributed by atoms with Crippen LogP contribution in [0.5, 0.6) is 0 Å². The quantitative estimate of drug-likeness (QED) is 0.603. The Balaban J connectivity index is 0.000000980. The van der Waals surface area contributed by atoms with E-state index in [1.165, 1.54) is 5.39 Å². The maximum absolute atomic E-state index is 8.76. The van der Waals surface area contributed by atoms with Crippen LogP contribution in [0.3, 0.4) is 0 Å². The van der Waals surface area contributed by atoms with Crippen molar-refractivity contribution in [3.63, 3.8) is 0 Å². The zero-order valence-electron chi connectivity index (χ0n) is 7.60. The first-order valence-corrected chi connectivity index (χ1v) is 4.24. The van der Waals surface area contributed by atoms with Crippen molar-refractivity contribution in [3.05, 3.63) is 36.9 Å². The van der Waals surface area contributed by atoms with Gasteiger partial charge in [-0.3, -0.25) is 4.98 Å². The van der Waals surface area contributed by atoms with E-state index in [4.69, 9.17) is 5.11 Å². The van der Waals surface area contributed by atoms with Crippen molar-refractivity contribution < 1.29 is 26.7 Å². The van der Waals surface area contributed by atoms with Gasteiger partial charge in [-0.25, -0.2) is 4.57 Å². The number of hydrogen-bond acceptors (Lipinski definition) is 2. The van der Waals surface area contributed by atoms with Gasteiger partial charge in [-0.1, -0.05) is 0 Å². The van der Waals surface area contributed by atoms with Crippen molar-refractivity contribution >= 4 is 10.8 Å². The monoisotopic (exact) mass is 254 g/mol. The smallest absolute Gasteiger partial charge is 0.178 e. The molecule has 0 aliphatic heterocycles. The van der Waals surface area contributed by atoms with Crippen molar-refractivity contribution in [2.75, 3.05) is 6.61 Å². The second-order valence-electron chi connectivity index (χ2n) is 2.91. The van der Waals surface area contributed by atoms with E-state index in [-0.39, 0.29) is 23.6 Å².